The van der Waals surface area contributed by atoms with Gasteiger partial charge in [-0.3, -0.25) is 9.59 Å². The zero-order valence-corrected chi connectivity index (χ0v) is 17.8. The van der Waals surface area contributed by atoms with Crippen LogP contribution in [0.1, 0.15) is 36.7 Å². The molecular formula is C21H22F3N7O2. The Bertz CT molecular complexity index is 1150. The second kappa shape index (κ2) is 7.29. The number of halogens is 3. The molecular weight excluding hydrogens is 439 g/mol. The van der Waals surface area contributed by atoms with Gasteiger partial charge in [-0.15, -0.1) is 0 Å². The summed E-state index contributed by atoms with van der Waals surface area (Å²) in [6, 6.07) is 2.62. The molecule has 3 fully saturated rings. The van der Waals surface area contributed by atoms with Crippen molar-refractivity contribution >= 4 is 29.3 Å². The molecule has 2 amide bonds. The van der Waals surface area contributed by atoms with E-state index in [2.05, 4.69) is 20.3 Å². The fourth-order valence-electron chi connectivity index (χ4n) is 4.90. The molecule has 5 rings (SSSR count). The minimum absolute atomic E-state index is 0.168. The van der Waals surface area contributed by atoms with Crippen LogP contribution in [-0.2, 0) is 4.79 Å². The van der Waals surface area contributed by atoms with E-state index >= 15 is 0 Å². The minimum Gasteiger partial charge on any atom is -0.364 e. The smallest absolute Gasteiger partial charge is 0.270 e. The molecule has 2 saturated heterocycles. The fraction of sp³-hybridized carbons (Fsp3) is 0.476. The van der Waals surface area contributed by atoms with Crippen LogP contribution in [0, 0.1) is 11.7 Å². The Morgan fingerprint density at radius 3 is 2.70 bits per heavy atom. The molecule has 3 aliphatic rings. The van der Waals surface area contributed by atoms with E-state index in [1.54, 1.807) is 17.2 Å². The Morgan fingerprint density at radius 1 is 1.30 bits per heavy atom. The molecule has 0 radical (unpaired) electrons. The first-order valence-electron chi connectivity index (χ1n) is 10.6. The number of nitrogens with one attached hydrogen (secondary N) is 1. The first kappa shape index (κ1) is 21.4. The summed E-state index contributed by atoms with van der Waals surface area (Å²) < 4.78 is 41.0. The molecule has 2 aromatic heterocycles. The van der Waals surface area contributed by atoms with Gasteiger partial charge in [-0.1, -0.05) is 0 Å². The lowest BCUT2D eigenvalue weighted by atomic mass is 9.97. The molecule has 0 spiro atoms. The number of nitrogens with zero attached hydrogens (tertiary/aromatic N) is 5. The van der Waals surface area contributed by atoms with Crippen LogP contribution in [0.15, 0.2) is 24.5 Å². The second-order valence-electron chi connectivity index (χ2n) is 9.08. The number of anilines is 3. The van der Waals surface area contributed by atoms with E-state index in [1.165, 1.54) is 6.20 Å². The molecule has 1 saturated carbocycles. The maximum absolute atomic E-state index is 14.0. The van der Waals surface area contributed by atoms with Gasteiger partial charge in [-0.05, 0) is 25.8 Å². The van der Waals surface area contributed by atoms with Gasteiger partial charge in [0.1, 0.15) is 11.7 Å². The van der Waals surface area contributed by atoms with Crippen LogP contribution in [0.3, 0.4) is 0 Å². The van der Waals surface area contributed by atoms with Gasteiger partial charge in [0.25, 0.3) is 11.8 Å². The van der Waals surface area contributed by atoms with E-state index in [0.29, 0.717) is 18.9 Å². The van der Waals surface area contributed by atoms with Gasteiger partial charge >= 0.3 is 0 Å². The van der Waals surface area contributed by atoms with Crippen molar-refractivity contribution in [3.63, 3.8) is 0 Å². The highest BCUT2D eigenvalue weighted by molar-refractivity contribution is 5.91. The van der Waals surface area contributed by atoms with Crippen LogP contribution < -0.4 is 16.0 Å². The standard InChI is InChI=1S/C21H22F3N7O2/c1-20-4-2-12(31(20)18(33)13-7-21(13,23)24)9-30(10-20)15-3-5-26-19(29-15)28-11-6-14(22)16(17(25)32)27-8-11/h3,5-6,8,12-13H,2,4,7,9-10H2,1H3,(H2,25,32)(H,26,28,29)/t12-,13-,20-/m0/s1. The van der Waals surface area contributed by atoms with E-state index in [4.69, 9.17) is 5.73 Å². The molecule has 3 atom stereocenters. The number of hydrogen-bond acceptors (Lipinski definition) is 7. The first-order valence-corrected chi connectivity index (χ1v) is 10.6. The van der Waals surface area contributed by atoms with Gasteiger partial charge in [0.2, 0.25) is 11.9 Å². The number of rotatable bonds is 5. The molecule has 174 valence electrons. The SMILES string of the molecule is C[C@]12CC[C@@H](CN(c3ccnc(Nc4cnc(C(N)=O)c(F)c4)n3)C1)N2C(=O)[C@@H]1CC1(F)F. The topological polar surface area (TPSA) is 117 Å². The number of primary amides is 1. The maximum atomic E-state index is 14.0. The normalized spacial score (nSPS) is 27.4. The minimum atomic E-state index is -2.89. The van der Waals surface area contributed by atoms with Crippen molar-refractivity contribution in [1.29, 1.82) is 0 Å². The third-order valence-electron chi connectivity index (χ3n) is 6.58. The average molecular weight is 461 g/mol. The summed E-state index contributed by atoms with van der Waals surface area (Å²) >= 11 is 0. The molecule has 12 heteroatoms. The van der Waals surface area contributed by atoms with Crippen LogP contribution in [0.4, 0.5) is 30.6 Å². The number of fused-ring (bicyclic) bond motifs is 2. The summed E-state index contributed by atoms with van der Waals surface area (Å²) in [5, 5.41) is 2.85. The number of hydrogen-bond donors (Lipinski definition) is 2. The summed E-state index contributed by atoms with van der Waals surface area (Å²) in [6.07, 6.45) is 3.89. The highest BCUT2D eigenvalue weighted by Gasteiger charge is 2.65. The summed E-state index contributed by atoms with van der Waals surface area (Å²) in [5.74, 6) is -5.59. The molecule has 3 N–H and O–H groups in total. The van der Waals surface area contributed by atoms with Gasteiger partial charge < -0.3 is 20.9 Å². The number of nitrogens with two attached hydrogens (primary N) is 1. The van der Waals surface area contributed by atoms with Crippen LogP contribution in [0.2, 0.25) is 0 Å². The molecule has 0 aromatic carbocycles. The summed E-state index contributed by atoms with van der Waals surface area (Å²) in [7, 11) is 0. The maximum Gasteiger partial charge on any atom is 0.270 e. The largest absolute Gasteiger partial charge is 0.364 e. The first-order chi connectivity index (χ1) is 15.6. The lowest BCUT2D eigenvalue weighted by Gasteiger charge is -2.48. The Labute approximate surface area is 187 Å². The van der Waals surface area contributed by atoms with Crippen molar-refractivity contribution in [3.05, 3.63) is 36.0 Å². The van der Waals surface area contributed by atoms with Gasteiger partial charge in [-0.2, -0.15) is 4.98 Å². The molecule has 4 heterocycles. The summed E-state index contributed by atoms with van der Waals surface area (Å²) in [4.78, 5) is 39.9. The van der Waals surface area contributed by atoms with Crippen molar-refractivity contribution < 1.29 is 22.8 Å². The van der Waals surface area contributed by atoms with Crippen molar-refractivity contribution in [2.75, 3.05) is 23.3 Å². The molecule has 2 bridgehead atoms. The number of pyridine rings is 1. The van der Waals surface area contributed by atoms with E-state index < -0.39 is 40.7 Å². The number of carbonyl (C=O) groups is 2. The predicted molar refractivity (Wildman–Crippen MR) is 112 cm³/mol. The van der Waals surface area contributed by atoms with E-state index in [9.17, 15) is 22.8 Å². The van der Waals surface area contributed by atoms with E-state index in [-0.39, 0.29) is 24.1 Å². The molecule has 33 heavy (non-hydrogen) atoms. The fourth-order valence-corrected chi connectivity index (χ4v) is 4.90. The third kappa shape index (κ3) is 3.72. The van der Waals surface area contributed by atoms with E-state index in [0.717, 1.165) is 18.9 Å². The van der Waals surface area contributed by atoms with Crippen molar-refractivity contribution in [1.82, 2.24) is 19.9 Å². The highest BCUT2D eigenvalue weighted by atomic mass is 19.3. The number of piperazine rings is 1. The number of carbonyl (C=O) groups excluding carboxylic acids is 2. The Balaban J connectivity index is 1.32. The quantitative estimate of drug-likeness (QED) is 0.700. The Hall–Kier alpha value is -3.44. The monoisotopic (exact) mass is 461 g/mol. The second-order valence-corrected chi connectivity index (χ2v) is 9.08. The number of amides is 2. The van der Waals surface area contributed by atoms with Crippen LogP contribution >= 0.6 is 0 Å². The van der Waals surface area contributed by atoms with Crippen molar-refractivity contribution in [3.8, 4) is 0 Å². The zero-order valence-electron chi connectivity index (χ0n) is 17.8. The van der Waals surface area contributed by atoms with Gasteiger partial charge in [0.15, 0.2) is 11.5 Å². The van der Waals surface area contributed by atoms with Gasteiger partial charge in [0.05, 0.1) is 17.4 Å². The predicted octanol–water partition coefficient (Wildman–Crippen LogP) is 2.08. The van der Waals surface area contributed by atoms with E-state index in [1.807, 2.05) is 11.8 Å². The van der Waals surface area contributed by atoms with Crippen LogP contribution in [0.5, 0.6) is 0 Å². The summed E-state index contributed by atoms with van der Waals surface area (Å²) in [6.45, 7) is 2.85. The summed E-state index contributed by atoms with van der Waals surface area (Å²) in [5.41, 5.74) is 4.28. The molecule has 2 aromatic rings. The lowest BCUT2D eigenvalue weighted by molar-refractivity contribution is -0.141. The van der Waals surface area contributed by atoms with Crippen molar-refractivity contribution in [2.45, 2.75) is 43.7 Å². The molecule has 9 nitrogen and oxygen atoms in total. The third-order valence-corrected chi connectivity index (χ3v) is 6.58. The Morgan fingerprint density at radius 2 is 2.06 bits per heavy atom. The highest BCUT2D eigenvalue weighted by Crippen LogP contribution is 2.52. The molecule has 1 aliphatic carbocycles. The zero-order chi connectivity index (χ0) is 23.5. The van der Waals surface area contributed by atoms with Gasteiger partial charge in [-0.25, -0.2) is 23.1 Å². The Kier molecular flexibility index (Phi) is 4.73. The number of alkyl halides is 2. The molecule has 2 aliphatic heterocycles. The van der Waals surface area contributed by atoms with Crippen molar-refractivity contribution in [2.24, 2.45) is 11.7 Å². The lowest BCUT2D eigenvalue weighted by Crippen LogP contribution is -2.62. The van der Waals surface area contributed by atoms with Gasteiger partial charge in [0, 0.05) is 37.8 Å². The average Bonchev–Trinajstić information content (AvgIpc) is 3.33. The van der Waals surface area contributed by atoms with Crippen LogP contribution in [0.25, 0.3) is 0 Å². The molecule has 0 unspecified atom stereocenters. The van der Waals surface area contributed by atoms with Crippen LogP contribution in [-0.4, -0.2) is 62.3 Å². The number of aromatic nitrogens is 3.